The molecule has 0 radical (unpaired) electrons. The number of hydrogen-bond acceptors (Lipinski definition) is 6. The van der Waals surface area contributed by atoms with Crippen LogP contribution in [0, 0.1) is 6.92 Å². The number of carbonyl (C=O) groups excluding carboxylic acids is 1. The van der Waals surface area contributed by atoms with E-state index in [1.165, 1.54) is 18.3 Å². The second kappa shape index (κ2) is 6.60. The lowest BCUT2D eigenvalue weighted by Gasteiger charge is -2.04. The summed E-state index contributed by atoms with van der Waals surface area (Å²) in [5.41, 5.74) is 0.0972. The summed E-state index contributed by atoms with van der Waals surface area (Å²) in [4.78, 5) is 30.3. The summed E-state index contributed by atoms with van der Waals surface area (Å²) in [7, 11) is 0. The first-order chi connectivity index (χ1) is 10.1. The molecule has 1 amide bonds. The number of aryl methyl sites for hydroxylation is 2. The molecule has 2 aromatic rings. The standard InChI is InChI=1S/C13H14N4O4/c1-8-16-11(21-17-8)3-2-5-15-12(18)9-4-6-14-10(7-9)13(19)20/h4,6-7H,2-3,5H2,1H3,(H,15,18)(H,19,20). The van der Waals surface area contributed by atoms with Gasteiger partial charge in [-0.15, -0.1) is 0 Å². The van der Waals surface area contributed by atoms with Crippen LogP contribution >= 0.6 is 0 Å². The average molecular weight is 290 g/mol. The van der Waals surface area contributed by atoms with Crippen LogP contribution in [0.15, 0.2) is 22.9 Å². The molecule has 0 aliphatic heterocycles. The Bertz CT molecular complexity index is 653. The Balaban J connectivity index is 1.81. The third kappa shape index (κ3) is 4.10. The monoisotopic (exact) mass is 290 g/mol. The second-order valence-corrected chi connectivity index (χ2v) is 4.33. The van der Waals surface area contributed by atoms with E-state index in [-0.39, 0.29) is 17.2 Å². The fourth-order valence-corrected chi connectivity index (χ4v) is 1.67. The van der Waals surface area contributed by atoms with Crippen LogP contribution in [0.3, 0.4) is 0 Å². The molecule has 0 saturated heterocycles. The highest BCUT2D eigenvalue weighted by Gasteiger charge is 2.10. The van der Waals surface area contributed by atoms with Crippen molar-refractivity contribution in [3.05, 3.63) is 41.3 Å². The molecule has 2 aromatic heterocycles. The van der Waals surface area contributed by atoms with Crippen molar-refractivity contribution in [1.82, 2.24) is 20.4 Å². The number of nitrogens with one attached hydrogen (secondary N) is 1. The van der Waals surface area contributed by atoms with Crippen molar-refractivity contribution >= 4 is 11.9 Å². The first-order valence-corrected chi connectivity index (χ1v) is 6.33. The lowest BCUT2D eigenvalue weighted by Crippen LogP contribution is -2.25. The van der Waals surface area contributed by atoms with Crippen LogP contribution in [-0.4, -0.2) is 38.7 Å². The summed E-state index contributed by atoms with van der Waals surface area (Å²) in [6.07, 6.45) is 2.50. The molecule has 0 aromatic carbocycles. The zero-order valence-corrected chi connectivity index (χ0v) is 11.4. The van der Waals surface area contributed by atoms with Gasteiger partial charge in [0.15, 0.2) is 5.82 Å². The summed E-state index contributed by atoms with van der Waals surface area (Å²) in [5, 5.41) is 15.2. The maximum Gasteiger partial charge on any atom is 0.354 e. The molecule has 0 atom stereocenters. The average Bonchev–Trinajstić information content (AvgIpc) is 2.89. The fourth-order valence-electron chi connectivity index (χ4n) is 1.67. The van der Waals surface area contributed by atoms with Crippen LogP contribution in [0.2, 0.25) is 0 Å². The molecule has 8 heteroatoms. The summed E-state index contributed by atoms with van der Waals surface area (Å²) >= 11 is 0. The van der Waals surface area contributed by atoms with Gasteiger partial charge in [0.2, 0.25) is 5.89 Å². The van der Waals surface area contributed by atoms with Gasteiger partial charge in [0, 0.05) is 24.7 Å². The molecule has 0 unspecified atom stereocenters. The molecule has 110 valence electrons. The zero-order valence-electron chi connectivity index (χ0n) is 11.4. The highest BCUT2D eigenvalue weighted by atomic mass is 16.5. The minimum Gasteiger partial charge on any atom is -0.477 e. The number of carboxylic acids is 1. The van der Waals surface area contributed by atoms with E-state index in [0.29, 0.717) is 31.1 Å². The predicted octanol–water partition coefficient (Wildman–Crippen LogP) is 0.834. The van der Waals surface area contributed by atoms with Gasteiger partial charge >= 0.3 is 5.97 Å². The van der Waals surface area contributed by atoms with Crippen LogP contribution in [0.4, 0.5) is 0 Å². The number of amides is 1. The van der Waals surface area contributed by atoms with Gasteiger partial charge in [0.05, 0.1) is 0 Å². The summed E-state index contributed by atoms with van der Waals surface area (Å²) in [5.74, 6) is -0.413. The lowest BCUT2D eigenvalue weighted by molar-refractivity contribution is 0.0690. The van der Waals surface area contributed by atoms with E-state index in [1.807, 2.05) is 0 Å². The SMILES string of the molecule is Cc1noc(CCCNC(=O)c2ccnc(C(=O)O)c2)n1. The highest BCUT2D eigenvalue weighted by Crippen LogP contribution is 2.03. The van der Waals surface area contributed by atoms with Crippen LogP contribution in [0.5, 0.6) is 0 Å². The maximum atomic E-state index is 11.9. The van der Waals surface area contributed by atoms with Crippen molar-refractivity contribution < 1.29 is 19.2 Å². The van der Waals surface area contributed by atoms with Gasteiger partial charge in [-0.3, -0.25) is 4.79 Å². The van der Waals surface area contributed by atoms with Gasteiger partial charge in [-0.1, -0.05) is 5.16 Å². The third-order valence-electron chi connectivity index (χ3n) is 2.66. The molecular weight excluding hydrogens is 276 g/mol. The van der Waals surface area contributed by atoms with E-state index in [0.717, 1.165) is 0 Å². The van der Waals surface area contributed by atoms with E-state index in [1.54, 1.807) is 6.92 Å². The predicted molar refractivity (Wildman–Crippen MR) is 70.9 cm³/mol. The summed E-state index contributed by atoms with van der Waals surface area (Å²) < 4.78 is 4.95. The Hall–Kier alpha value is -2.77. The van der Waals surface area contributed by atoms with Crippen molar-refractivity contribution in [2.45, 2.75) is 19.8 Å². The van der Waals surface area contributed by atoms with E-state index in [4.69, 9.17) is 9.63 Å². The van der Waals surface area contributed by atoms with Crippen LogP contribution in [-0.2, 0) is 6.42 Å². The van der Waals surface area contributed by atoms with E-state index >= 15 is 0 Å². The van der Waals surface area contributed by atoms with Crippen molar-refractivity contribution in [3.8, 4) is 0 Å². The van der Waals surface area contributed by atoms with Gasteiger partial charge in [-0.2, -0.15) is 4.98 Å². The minimum atomic E-state index is -1.17. The van der Waals surface area contributed by atoms with E-state index in [2.05, 4.69) is 20.4 Å². The van der Waals surface area contributed by atoms with Gasteiger partial charge in [0.1, 0.15) is 5.69 Å². The normalized spacial score (nSPS) is 10.3. The molecule has 21 heavy (non-hydrogen) atoms. The molecule has 2 rings (SSSR count). The zero-order chi connectivity index (χ0) is 15.2. The number of aromatic nitrogens is 3. The Morgan fingerprint density at radius 2 is 2.24 bits per heavy atom. The molecule has 0 spiro atoms. The molecule has 8 nitrogen and oxygen atoms in total. The first kappa shape index (κ1) is 14.6. The minimum absolute atomic E-state index is 0.163. The topological polar surface area (TPSA) is 118 Å². The van der Waals surface area contributed by atoms with Gasteiger partial charge in [0.25, 0.3) is 5.91 Å². The van der Waals surface area contributed by atoms with E-state index < -0.39 is 5.97 Å². The molecular formula is C13H14N4O4. The number of aromatic carboxylic acids is 1. The molecule has 2 heterocycles. The van der Waals surface area contributed by atoms with Crippen LogP contribution < -0.4 is 5.32 Å². The van der Waals surface area contributed by atoms with Gasteiger partial charge < -0.3 is 14.9 Å². The first-order valence-electron chi connectivity index (χ1n) is 6.33. The molecule has 0 aliphatic rings. The molecule has 0 saturated carbocycles. The quantitative estimate of drug-likeness (QED) is 0.756. The van der Waals surface area contributed by atoms with Crippen molar-refractivity contribution in [3.63, 3.8) is 0 Å². The summed E-state index contributed by atoms with van der Waals surface area (Å²) in [6.45, 7) is 2.16. The lowest BCUT2D eigenvalue weighted by atomic mass is 10.2. The molecule has 0 fully saturated rings. The van der Waals surface area contributed by atoms with Crippen molar-refractivity contribution in [2.24, 2.45) is 0 Å². The molecule has 0 aliphatic carbocycles. The number of rotatable bonds is 6. The smallest absolute Gasteiger partial charge is 0.354 e. The van der Waals surface area contributed by atoms with Gasteiger partial charge in [-0.25, -0.2) is 9.78 Å². The Morgan fingerprint density at radius 3 is 2.90 bits per heavy atom. The van der Waals surface area contributed by atoms with Gasteiger partial charge in [-0.05, 0) is 25.5 Å². The van der Waals surface area contributed by atoms with Crippen LogP contribution in [0.25, 0.3) is 0 Å². The largest absolute Gasteiger partial charge is 0.477 e. The molecule has 0 bridgehead atoms. The Labute approximate surface area is 120 Å². The maximum absolute atomic E-state index is 11.9. The molecule has 2 N–H and O–H groups in total. The van der Waals surface area contributed by atoms with E-state index in [9.17, 15) is 9.59 Å². The number of carboxylic acid groups (broad SMARTS) is 1. The summed E-state index contributed by atoms with van der Waals surface area (Å²) in [6, 6.07) is 2.70. The highest BCUT2D eigenvalue weighted by molar-refractivity contribution is 5.96. The van der Waals surface area contributed by atoms with Crippen molar-refractivity contribution in [2.75, 3.05) is 6.54 Å². The second-order valence-electron chi connectivity index (χ2n) is 4.33. The van der Waals surface area contributed by atoms with Crippen molar-refractivity contribution in [1.29, 1.82) is 0 Å². The Morgan fingerprint density at radius 1 is 1.43 bits per heavy atom. The number of pyridine rings is 1. The third-order valence-corrected chi connectivity index (χ3v) is 2.66. The van der Waals surface area contributed by atoms with Crippen LogP contribution in [0.1, 0.15) is 39.0 Å². The number of nitrogens with zero attached hydrogens (tertiary/aromatic N) is 3. The number of carbonyl (C=O) groups is 2. The Kier molecular flexibility index (Phi) is 4.60. The fraction of sp³-hybridized carbons (Fsp3) is 0.308. The number of hydrogen-bond donors (Lipinski definition) is 2.